The zero-order chi connectivity index (χ0) is 16.3. The van der Waals surface area contributed by atoms with Gasteiger partial charge in [-0.05, 0) is 31.5 Å². The molecule has 2 rings (SSSR count). The lowest BCUT2D eigenvalue weighted by atomic mass is 9.95. The zero-order valence-corrected chi connectivity index (χ0v) is 12.4. The van der Waals surface area contributed by atoms with Crippen molar-refractivity contribution < 1.29 is 24.2 Å². The number of carbonyl (C=O) groups is 3. The molecule has 7 heteroatoms. The molecule has 1 unspecified atom stereocenters. The molecule has 7 nitrogen and oxygen atoms in total. The van der Waals surface area contributed by atoms with E-state index in [1.54, 1.807) is 6.07 Å². The van der Waals surface area contributed by atoms with Gasteiger partial charge in [-0.1, -0.05) is 13.3 Å². The Morgan fingerprint density at radius 2 is 2.18 bits per heavy atom. The molecule has 3 N–H and O–H groups in total. The van der Waals surface area contributed by atoms with Crippen molar-refractivity contribution in [2.75, 3.05) is 11.9 Å². The number of ether oxygens (including phenoxy) is 1. The van der Waals surface area contributed by atoms with E-state index < -0.39 is 17.4 Å². The monoisotopic (exact) mass is 306 g/mol. The predicted octanol–water partition coefficient (Wildman–Crippen LogP) is 1.39. The average Bonchev–Trinajstić information content (AvgIpc) is 2.46. The van der Waals surface area contributed by atoms with Crippen molar-refractivity contribution in [2.45, 2.75) is 32.2 Å². The predicted molar refractivity (Wildman–Crippen MR) is 79.0 cm³/mol. The van der Waals surface area contributed by atoms with Crippen LogP contribution in [0.15, 0.2) is 18.2 Å². The van der Waals surface area contributed by atoms with E-state index in [0.717, 1.165) is 0 Å². The number of carbonyl (C=O) groups excluding carboxylic acids is 2. The first-order valence-corrected chi connectivity index (χ1v) is 6.98. The van der Waals surface area contributed by atoms with E-state index in [4.69, 9.17) is 4.74 Å². The third-order valence-corrected chi connectivity index (χ3v) is 3.49. The van der Waals surface area contributed by atoms with Crippen LogP contribution in [0.25, 0.3) is 0 Å². The third kappa shape index (κ3) is 3.19. The number of hydrogen-bond donors (Lipinski definition) is 3. The fourth-order valence-corrected chi connectivity index (χ4v) is 2.27. The second kappa shape index (κ2) is 6.05. The summed E-state index contributed by atoms with van der Waals surface area (Å²) in [7, 11) is 0. The Hall–Kier alpha value is -2.57. The van der Waals surface area contributed by atoms with E-state index in [-0.39, 0.29) is 18.1 Å². The summed E-state index contributed by atoms with van der Waals surface area (Å²) >= 11 is 0. The lowest BCUT2D eigenvalue weighted by Crippen LogP contribution is -2.52. The molecule has 1 aromatic carbocycles. The summed E-state index contributed by atoms with van der Waals surface area (Å²) in [4.78, 5) is 34.9. The minimum Gasteiger partial charge on any atom is -0.482 e. The normalized spacial score (nSPS) is 15.8. The van der Waals surface area contributed by atoms with Crippen molar-refractivity contribution in [3.8, 4) is 5.75 Å². The van der Waals surface area contributed by atoms with Crippen LogP contribution in [0.5, 0.6) is 5.75 Å². The molecule has 0 fully saturated rings. The van der Waals surface area contributed by atoms with Crippen LogP contribution in [0, 0.1) is 0 Å². The van der Waals surface area contributed by atoms with Gasteiger partial charge in [-0.3, -0.25) is 9.59 Å². The number of anilines is 1. The number of nitrogens with one attached hydrogen (secondary N) is 2. The topological polar surface area (TPSA) is 105 Å². The number of benzene rings is 1. The van der Waals surface area contributed by atoms with Gasteiger partial charge in [-0.15, -0.1) is 0 Å². The SMILES string of the molecule is CCCC(C)(NC(=O)c1ccc2c(c1)NC(=O)CO2)C(=O)O. The van der Waals surface area contributed by atoms with Gasteiger partial charge in [0.1, 0.15) is 11.3 Å². The second-order valence-electron chi connectivity index (χ2n) is 5.39. The molecule has 1 aliphatic rings. The molecule has 0 spiro atoms. The lowest BCUT2D eigenvalue weighted by Gasteiger charge is -2.26. The molecule has 0 radical (unpaired) electrons. The molecule has 0 saturated heterocycles. The van der Waals surface area contributed by atoms with Gasteiger partial charge in [0.15, 0.2) is 6.61 Å². The van der Waals surface area contributed by atoms with Gasteiger partial charge >= 0.3 is 5.97 Å². The first-order valence-electron chi connectivity index (χ1n) is 6.98. The summed E-state index contributed by atoms with van der Waals surface area (Å²) in [5.74, 6) is -1.42. The molecule has 0 aliphatic carbocycles. The minimum atomic E-state index is -1.33. The third-order valence-electron chi connectivity index (χ3n) is 3.49. The number of hydrogen-bond acceptors (Lipinski definition) is 4. The van der Waals surface area contributed by atoms with E-state index in [1.807, 2.05) is 6.92 Å². The number of aliphatic carboxylic acids is 1. The Morgan fingerprint density at radius 1 is 1.45 bits per heavy atom. The molecule has 118 valence electrons. The summed E-state index contributed by atoms with van der Waals surface area (Å²) in [5, 5.41) is 14.4. The van der Waals surface area contributed by atoms with Crippen molar-refractivity contribution in [1.29, 1.82) is 0 Å². The average molecular weight is 306 g/mol. The largest absolute Gasteiger partial charge is 0.482 e. The molecule has 0 bridgehead atoms. The highest BCUT2D eigenvalue weighted by atomic mass is 16.5. The van der Waals surface area contributed by atoms with E-state index >= 15 is 0 Å². The second-order valence-corrected chi connectivity index (χ2v) is 5.39. The Morgan fingerprint density at radius 3 is 2.82 bits per heavy atom. The fourth-order valence-electron chi connectivity index (χ4n) is 2.27. The summed E-state index contributed by atoms with van der Waals surface area (Å²) < 4.78 is 5.21. The highest BCUT2D eigenvalue weighted by molar-refractivity contribution is 6.01. The number of rotatable bonds is 5. The number of fused-ring (bicyclic) bond motifs is 1. The highest BCUT2D eigenvalue weighted by Crippen LogP contribution is 2.28. The van der Waals surface area contributed by atoms with Gasteiger partial charge in [0.25, 0.3) is 11.8 Å². The van der Waals surface area contributed by atoms with Crippen molar-refractivity contribution in [2.24, 2.45) is 0 Å². The van der Waals surface area contributed by atoms with Gasteiger partial charge in [0, 0.05) is 5.56 Å². The van der Waals surface area contributed by atoms with Crippen LogP contribution in [0.1, 0.15) is 37.0 Å². The summed E-state index contributed by atoms with van der Waals surface area (Å²) in [6, 6.07) is 4.57. The molecule has 2 amide bonds. The number of carboxylic acid groups (broad SMARTS) is 1. The van der Waals surface area contributed by atoms with Gasteiger partial charge in [0.2, 0.25) is 0 Å². The first-order chi connectivity index (χ1) is 10.4. The van der Waals surface area contributed by atoms with Crippen LogP contribution in [0.3, 0.4) is 0 Å². The highest BCUT2D eigenvalue weighted by Gasteiger charge is 2.34. The minimum absolute atomic E-state index is 0.0634. The summed E-state index contributed by atoms with van der Waals surface area (Å²) in [5.41, 5.74) is -0.675. The standard InChI is InChI=1S/C15H18N2O5/c1-3-6-15(2,14(20)21)17-13(19)9-4-5-11-10(7-9)16-12(18)8-22-11/h4-5,7H,3,6,8H2,1-2H3,(H,16,18)(H,17,19)(H,20,21). The summed E-state index contributed by atoms with van der Waals surface area (Å²) in [6.07, 6.45) is 0.941. The van der Waals surface area contributed by atoms with Crippen molar-refractivity contribution in [3.05, 3.63) is 23.8 Å². The Bertz CT molecular complexity index is 628. The van der Waals surface area contributed by atoms with Crippen LogP contribution in [-0.2, 0) is 9.59 Å². The number of amides is 2. The lowest BCUT2D eigenvalue weighted by molar-refractivity contribution is -0.144. The maximum Gasteiger partial charge on any atom is 0.329 e. The molecule has 1 heterocycles. The smallest absolute Gasteiger partial charge is 0.329 e. The molecule has 22 heavy (non-hydrogen) atoms. The Balaban J connectivity index is 2.21. The quantitative estimate of drug-likeness (QED) is 0.762. The molecule has 0 aromatic heterocycles. The van der Waals surface area contributed by atoms with E-state index in [0.29, 0.717) is 24.3 Å². The van der Waals surface area contributed by atoms with Crippen LogP contribution >= 0.6 is 0 Å². The zero-order valence-electron chi connectivity index (χ0n) is 12.4. The van der Waals surface area contributed by atoms with Crippen molar-refractivity contribution >= 4 is 23.5 Å². The van der Waals surface area contributed by atoms with Crippen LogP contribution in [-0.4, -0.2) is 35.0 Å². The molecular weight excluding hydrogens is 288 g/mol. The van der Waals surface area contributed by atoms with E-state index in [9.17, 15) is 19.5 Å². The fraction of sp³-hybridized carbons (Fsp3) is 0.400. The summed E-state index contributed by atoms with van der Waals surface area (Å²) in [6.45, 7) is 3.26. The van der Waals surface area contributed by atoms with Gasteiger partial charge in [0.05, 0.1) is 5.69 Å². The molecule has 1 aromatic rings. The van der Waals surface area contributed by atoms with Gasteiger partial charge in [-0.2, -0.15) is 0 Å². The van der Waals surface area contributed by atoms with Crippen molar-refractivity contribution in [3.63, 3.8) is 0 Å². The van der Waals surface area contributed by atoms with Crippen molar-refractivity contribution in [1.82, 2.24) is 5.32 Å². The number of carboxylic acids is 1. The molecule has 1 aliphatic heterocycles. The first kappa shape index (κ1) is 15.8. The van der Waals surface area contributed by atoms with Gasteiger partial charge < -0.3 is 20.5 Å². The van der Waals surface area contributed by atoms with Gasteiger partial charge in [-0.25, -0.2) is 4.79 Å². The Labute approximate surface area is 127 Å². The maximum absolute atomic E-state index is 12.3. The molecule has 1 atom stereocenters. The molecular formula is C15H18N2O5. The maximum atomic E-state index is 12.3. The van der Waals surface area contributed by atoms with Crippen LogP contribution in [0.4, 0.5) is 5.69 Å². The molecule has 0 saturated carbocycles. The van der Waals surface area contributed by atoms with Crippen LogP contribution < -0.4 is 15.4 Å². The van der Waals surface area contributed by atoms with E-state index in [1.165, 1.54) is 19.1 Å². The van der Waals surface area contributed by atoms with Crippen LogP contribution in [0.2, 0.25) is 0 Å². The van der Waals surface area contributed by atoms with E-state index in [2.05, 4.69) is 10.6 Å². The Kier molecular flexibility index (Phi) is 4.35.